The lowest BCUT2D eigenvalue weighted by Crippen LogP contribution is -2.53. The minimum Gasteiger partial charge on any atom is -0.481 e. The Morgan fingerprint density at radius 1 is 1.11 bits per heavy atom. The van der Waals surface area contributed by atoms with Crippen LogP contribution < -0.4 is 20.1 Å². The highest BCUT2D eigenvalue weighted by molar-refractivity contribution is 6.31. The predicted octanol–water partition coefficient (Wildman–Crippen LogP) is 1.85. The molecule has 0 radical (unpaired) electrons. The molecule has 2 aromatic carbocycles. The molecule has 2 saturated heterocycles. The van der Waals surface area contributed by atoms with Crippen molar-refractivity contribution in [1.29, 1.82) is 0 Å². The Kier molecular flexibility index (Phi) is 4.81. The zero-order valence-electron chi connectivity index (χ0n) is 18.2. The molecule has 1 spiro atoms. The number of hydrogen-bond acceptors (Lipinski definition) is 7. The van der Waals surface area contributed by atoms with Gasteiger partial charge in [-0.3, -0.25) is 29.4 Å². The first-order valence-electron chi connectivity index (χ1n) is 11.1. The van der Waals surface area contributed by atoms with Crippen LogP contribution in [-0.4, -0.2) is 46.5 Å². The first-order valence-corrected chi connectivity index (χ1v) is 11.5. The van der Waals surface area contributed by atoms with Gasteiger partial charge < -0.3 is 19.9 Å². The van der Waals surface area contributed by atoms with Crippen LogP contribution in [0.3, 0.4) is 0 Å². The second-order valence-corrected chi connectivity index (χ2v) is 9.53. The van der Waals surface area contributed by atoms with Crippen LogP contribution in [0.5, 0.6) is 11.5 Å². The van der Waals surface area contributed by atoms with Gasteiger partial charge in [0.1, 0.15) is 5.54 Å². The summed E-state index contributed by atoms with van der Waals surface area (Å²) in [7, 11) is 0. The molecule has 3 amide bonds. The van der Waals surface area contributed by atoms with Crippen LogP contribution >= 0.6 is 11.6 Å². The number of fused-ring (bicyclic) bond motifs is 5. The number of carboxylic acid groups (broad SMARTS) is 1. The van der Waals surface area contributed by atoms with Gasteiger partial charge in [0.25, 0.3) is 0 Å². The second kappa shape index (κ2) is 7.69. The van der Waals surface area contributed by atoms with E-state index < -0.39 is 47.1 Å². The van der Waals surface area contributed by atoms with Crippen molar-refractivity contribution in [2.45, 2.75) is 31.0 Å². The summed E-state index contributed by atoms with van der Waals surface area (Å²) < 4.78 is 10.7. The maximum Gasteiger partial charge on any atom is 0.303 e. The number of rotatable bonds is 5. The number of nitrogens with zero attached hydrogens (tertiary/aromatic N) is 1. The molecule has 2 aromatic rings. The summed E-state index contributed by atoms with van der Waals surface area (Å²) >= 11 is 6.23. The zero-order valence-corrected chi connectivity index (χ0v) is 19.0. The Hall–Kier alpha value is -3.63. The van der Waals surface area contributed by atoms with E-state index in [9.17, 15) is 24.3 Å². The highest BCUT2D eigenvalue weighted by Crippen LogP contribution is 2.54. The number of ether oxygens (including phenoxy) is 2. The smallest absolute Gasteiger partial charge is 0.303 e. The topological polar surface area (TPSA) is 134 Å². The van der Waals surface area contributed by atoms with E-state index in [0.29, 0.717) is 33.3 Å². The van der Waals surface area contributed by atoms with Gasteiger partial charge in [-0.2, -0.15) is 0 Å². The molecule has 2 unspecified atom stereocenters. The fourth-order valence-electron chi connectivity index (χ4n) is 5.74. The lowest BCUT2D eigenvalue weighted by molar-refractivity contribution is -0.144. The number of carbonyl (C=O) groups is 4. The molecule has 0 aliphatic carbocycles. The molecule has 4 atom stereocenters. The maximum atomic E-state index is 13.8. The van der Waals surface area contributed by atoms with Crippen molar-refractivity contribution < 1.29 is 33.8 Å². The normalized spacial score (nSPS) is 28.0. The fourth-order valence-corrected chi connectivity index (χ4v) is 5.91. The molecular formula is C24H20ClN3O7. The number of nitrogens with one attached hydrogen (secondary N) is 2. The van der Waals surface area contributed by atoms with Crippen molar-refractivity contribution in [2.75, 3.05) is 12.1 Å². The SMILES string of the molecule is O=C(O)CCC1NC2(C(=O)Nc3ccc(Cl)cc32)[C@@H]2C(=O)N(Cc3ccc4c(c3)OCO4)C(=O)[C@H]12. The van der Waals surface area contributed by atoms with Crippen molar-refractivity contribution in [1.82, 2.24) is 10.2 Å². The van der Waals surface area contributed by atoms with E-state index in [-0.39, 0.29) is 26.2 Å². The van der Waals surface area contributed by atoms with Crippen LogP contribution in [0.2, 0.25) is 5.02 Å². The summed E-state index contributed by atoms with van der Waals surface area (Å²) in [5, 5.41) is 15.6. The number of amides is 3. The molecule has 180 valence electrons. The van der Waals surface area contributed by atoms with E-state index in [1.807, 2.05) is 0 Å². The van der Waals surface area contributed by atoms with Crippen LogP contribution in [0.25, 0.3) is 0 Å². The molecule has 4 aliphatic heterocycles. The number of anilines is 1. The van der Waals surface area contributed by atoms with Crippen molar-refractivity contribution in [2.24, 2.45) is 11.8 Å². The Labute approximate surface area is 204 Å². The van der Waals surface area contributed by atoms with Gasteiger partial charge in [-0.1, -0.05) is 17.7 Å². The van der Waals surface area contributed by atoms with Crippen molar-refractivity contribution in [3.8, 4) is 11.5 Å². The number of imide groups is 1. The molecule has 2 fully saturated rings. The molecule has 10 nitrogen and oxygen atoms in total. The van der Waals surface area contributed by atoms with Crippen LogP contribution in [0.15, 0.2) is 36.4 Å². The van der Waals surface area contributed by atoms with E-state index in [4.69, 9.17) is 21.1 Å². The number of benzene rings is 2. The number of likely N-dealkylation sites (tertiary alicyclic amines) is 1. The number of carbonyl (C=O) groups excluding carboxylic acids is 3. The molecular weight excluding hydrogens is 478 g/mol. The quantitative estimate of drug-likeness (QED) is 0.533. The van der Waals surface area contributed by atoms with E-state index in [0.717, 1.165) is 4.90 Å². The molecule has 6 rings (SSSR count). The Bertz CT molecular complexity index is 1310. The summed E-state index contributed by atoms with van der Waals surface area (Å²) in [5.41, 5.74) is 0.122. The number of aliphatic carboxylic acids is 1. The van der Waals surface area contributed by atoms with E-state index in [2.05, 4.69) is 10.6 Å². The first kappa shape index (κ1) is 21.9. The minimum absolute atomic E-state index is 0.00689. The zero-order chi connectivity index (χ0) is 24.5. The van der Waals surface area contributed by atoms with Crippen molar-refractivity contribution in [3.63, 3.8) is 0 Å². The lowest BCUT2D eigenvalue weighted by Gasteiger charge is -2.29. The van der Waals surface area contributed by atoms with Crippen molar-refractivity contribution >= 4 is 41.0 Å². The molecule has 35 heavy (non-hydrogen) atoms. The van der Waals surface area contributed by atoms with Crippen LogP contribution in [-0.2, 0) is 31.3 Å². The largest absolute Gasteiger partial charge is 0.481 e. The van der Waals surface area contributed by atoms with Crippen LogP contribution in [0, 0.1) is 11.8 Å². The first-order chi connectivity index (χ1) is 16.8. The lowest BCUT2D eigenvalue weighted by atomic mass is 9.76. The Morgan fingerprint density at radius 3 is 2.71 bits per heavy atom. The van der Waals surface area contributed by atoms with Gasteiger partial charge in [0.2, 0.25) is 24.5 Å². The van der Waals surface area contributed by atoms with Crippen LogP contribution in [0.1, 0.15) is 24.0 Å². The summed E-state index contributed by atoms with van der Waals surface area (Å²) in [5.74, 6) is -3.26. The molecule has 4 aliphatic rings. The highest BCUT2D eigenvalue weighted by atomic mass is 35.5. The van der Waals surface area contributed by atoms with Gasteiger partial charge in [0, 0.05) is 28.7 Å². The number of carboxylic acids is 1. The third-order valence-electron chi connectivity index (χ3n) is 7.22. The maximum absolute atomic E-state index is 13.8. The van der Waals surface area contributed by atoms with E-state index in [1.165, 1.54) is 0 Å². The standard InChI is InChI=1S/C24H20ClN3O7/c25-12-2-3-14-13(8-12)24(23(33)26-14)20-19(15(27-24)4-6-18(29)30)21(31)28(22(20)32)9-11-1-5-16-17(7-11)35-10-34-16/h1-3,5,7-8,15,19-20,27H,4,6,9-10H2,(H,26,33)(H,29,30)/t15?,19-,20+,24?/m1/s1. The average molecular weight is 498 g/mol. The molecule has 0 aromatic heterocycles. The summed E-state index contributed by atoms with van der Waals surface area (Å²) in [6.45, 7) is 0.0914. The Morgan fingerprint density at radius 2 is 1.91 bits per heavy atom. The van der Waals surface area contributed by atoms with Gasteiger partial charge >= 0.3 is 5.97 Å². The molecule has 0 bridgehead atoms. The fraction of sp³-hybridized carbons (Fsp3) is 0.333. The summed E-state index contributed by atoms with van der Waals surface area (Å²) in [6, 6.07) is 9.37. The highest BCUT2D eigenvalue weighted by Gasteiger charge is 2.70. The summed E-state index contributed by atoms with van der Waals surface area (Å²) in [6.07, 6.45) is -0.136. The minimum atomic E-state index is -1.52. The molecule has 0 saturated carbocycles. The average Bonchev–Trinajstić information content (AvgIpc) is 3.55. The van der Waals surface area contributed by atoms with E-state index in [1.54, 1.807) is 36.4 Å². The third-order valence-corrected chi connectivity index (χ3v) is 7.45. The van der Waals surface area contributed by atoms with Gasteiger partial charge in [-0.15, -0.1) is 0 Å². The van der Waals surface area contributed by atoms with Gasteiger partial charge in [0.05, 0.1) is 18.4 Å². The molecule has 4 heterocycles. The van der Waals surface area contributed by atoms with Crippen LogP contribution in [0.4, 0.5) is 5.69 Å². The molecule has 11 heteroatoms. The van der Waals surface area contributed by atoms with Gasteiger partial charge in [-0.25, -0.2) is 0 Å². The number of halogens is 1. The van der Waals surface area contributed by atoms with Gasteiger partial charge in [0.15, 0.2) is 11.5 Å². The van der Waals surface area contributed by atoms with E-state index >= 15 is 0 Å². The summed E-state index contributed by atoms with van der Waals surface area (Å²) in [4.78, 5) is 53.3. The molecule has 3 N–H and O–H groups in total. The predicted molar refractivity (Wildman–Crippen MR) is 121 cm³/mol. The Balaban J connectivity index is 1.40. The van der Waals surface area contributed by atoms with Crippen molar-refractivity contribution in [3.05, 3.63) is 52.5 Å². The third kappa shape index (κ3) is 3.13. The second-order valence-electron chi connectivity index (χ2n) is 9.09. The monoisotopic (exact) mass is 497 g/mol. The number of hydrogen-bond donors (Lipinski definition) is 3. The van der Waals surface area contributed by atoms with Gasteiger partial charge in [-0.05, 0) is 42.3 Å².